The number of rotatable bonds is 5. The van der Waals surface area contributed by atoms with E-state index in [9.17, 15) is 9.18 Å². The molecular weight excluding hydrogens is 422 g/mol. The average molecular weight is 440 g/mol. The van der Waals surface area contributed by atoms with Gasteiger partial charge in [-0.2, -0.15) is 0 Å². The Morgan fingerprint density at radius 2 is 1.92 bits per heavy atom. The molecule has 1 amide bonds. The number of carbonyl (C=O) groups excluding carboxylic acids is 1. The summed E-state index contributed by atoms with van der Waals surface area (Å²) in [7, 11) is 0. The third-order valence-electron chi connectivity index (χ3n) is 3.96. The number of benzene rings is 2. The summed E-state index contributed by atoms with van der Waals surface area (Å²) >= 11 is 2.11. The first kappa shape index (κ1) is 17.0. The summed E-state index contributed by atoms with van der Waals surface area (Å²) < 4.78 is 19.1. The number of ether oxygens (including phenoxy) is 1. The van der Waals surface area contributed by atoms with Crippen molar-refractivity contribution in [3.63, 3.8) is 0 Å². The number of amides is 1. The summed E-state index contributed by atoms with van der Waals surface area (Å²) in [6.45, 7) is 0.273. The van der Waals surface area contributed by atoms with Crippen LogP contribution in [0.15, 0.2) is 48.5 Å². The lowest BCUT2D eigenvalue weighted by Gasteiger charge is -2.36. The Morgan fingerprint density at radius 3 is 2.62 bits per heavy atom. The Labute approximate surface area is 153 Å². The fraction of sp³-hybridized carbons (Fsp3) is 0.278. The SMILES string of the molecule is O=C(NC1CC(Nc2ccc(F)cc2I)C1)OCc1ccccc1. The van der Waals surface area contributed by atoms with Gasteiger partial charge in [-0.05, 0) is 59.2 Å². The van der Waals surface area contributed by atoms with Gasteiger partial charge in [0, 0.05) is 21.3 Å². The van der Waals surface area contributed by atoms with E-state index in [1.165, 1.54) is 12.1 Å². The van der Waals surface area contributed by atoms with Crippen LogP contribution in [0.4, 0.5) is 14.9 Å². The van der Waals surface area contributed by atoms with Crippen molar-refractivity contribution in [2.24, 2.45) is 0 Å². The highest BCUT2D eigenvalue weighted by Crippen LogP contribution is 2.27. The van der Waals surface area contributed by atoms with Gasteiger partial charge in [-0.3, -0.25) is 0 Å². The van der Waals surface area contributed by atoms with Gasteiger partial charge in [-0.15, -0.1) is 0 Å². The van der Waals surface area contributed by atoms with Crippen LogP contribution in [0.1, 0.15) is 18.4 Å². The van der Waals surface area contributed by atoms with E-state index in [2.05, 4.69) is 33.2 Å². The van der Waals surface area contributed by atoms with E-state index in [1.807, 2.05) is 30.3 Å². The van der Waals surface area contributed by atoms with Crippen LogP contribution >= 0.6 is 22.6 Å². The summed E-state index contributed by atoms with van der Waals surface area (Å²) in [4.78, 5) is 11.8. The molecule has 0 unspecified atom stereocenters. The minimum Gasteiger partial charge on any atom is -0.445 e. The molecule has 2 N–H and O–H groups in total. The van der Waals surface area contributed by atoms with E-state index >= 15 is 0 Å². The molecule has 24 heavy (non-hydrogen) atoms. The largest absolute Gasteiger partial charge is 0.445 e. The van der Waals surface area contributed by atoms with E-state index in [-0.39, 0.29) is 24.5 Å². The summed E-state index contributed by atoms with van der Waals surface area (Å²) in [5.74, 6) is -0.237. The second kappa shape index (κ2) is 7.83. The monoisotopic (exact) mass is 440 g/mol. The minimum atomic E-state index is -0.390. The van der Waals surface area contributed by atoms with Gasteiger partial charge in [0.15, 0.2) is 0 Å². The molecule has 6 heteroatoms. The molecule has 2 aromatic carbocycles. The number of carbonyl (C=O) groups is 1. The van der Waals surface area contributed by atoms with Crippen LogP contribution in [0, 0.1) is 9.39 Å². The Bertz CT molecular complexity index is 705. The van der Waals surface area contributed by atoms with E-state index in [0.29, 0.717) is 0 Å². The summed E-state index contributed by atoms with van der Waals surface area (Å²) in [5, 5.41) is 6.23. The lowest BCUT2D eigenvalue weighted by atomic mass is 9.86. The number of hydrogen-bond donors (Lipinski definition) is 2. The fourth-order valence-corrected chi connectivity index (χ4v) is 3.24. The first-order chi connectivity index (χ1) is 11.6. The molecule has 0 heterocycles. The minimum absolute atomic E-state index is 0.115. The quantitative estimate of drug-likeness (QED) is 0.682. The summed E-state index contributed by atoms with van der Waals surface area (Å²) in [6, 6.07) is 14.7. The molecular formula is C18H18FIN2O2. The van der Waals surface area contributed by atoms with Crippen molar-refractivity contribution < 1.29 is 13.9 Å². The molecule has 1 fully saturated rings. The zero-order valence-corrected chi connectivity index (χ0v) is 15.1. The first-order valence-corrected chi connectivity index (χ1v) is 8.87. The maximum atomic E-state index is 13.1. The normalized spacial score (nSPS) is 19.2. The fourth-order valence-electron chi connectivity index (χ4n) is 2.61. The molecule has 126 valence electrons. The lowest BCUT2D eigenvalue weighted by molar-refractivity contribution is 0.129. The van der Waals surface area contributed by atoms with E-state index in [4.69, 9.17) is 4.74 Å². The number of anilines is 1. The first-order valence-electron chi connectivity index (χ1n) is 7.79. The van der Waals surface area contributed by atoms with Crippen molar-refractivity contribution in [1.82, 2.24) is 5.32 Å². The standard InChI is InChI=1S/C18H18FIN2O2/c19-13-6-7-17(16(20)8-13)21-14-9-15(10-14)22-18(23)24-11-12-4-2-1-3-5-12/h1-8,14-15,21H,9-11H2,(H,22,23). The van der Waals surface area contributed by atoms with Crippen molar-refractivity contribution in [3.8, 4) is 0 Å². The summed E-state index contributed by atoms with van der Waals surface area (Å²) in [5.41, 5.74) is 1.89. The van der Waals surface area contributed by atoms with Gasteiger partial charge in [-0.1, -0.05) is 30.3 Å². The zero-order valence-electron chi connectivity index (χ0n) is 13.0. The van der Waals surface area contributed by atoms with Crippen molar-refractivity contribution in [2.75, 3.05) is 5.32 Å². The predicted molar refractivity (Wildman–Crippen MR) is 99.3 cm³/mol. The number of halogens is 2. The van der Waals surface area contributed by atoms with Crippen LogP contribution in [0.5, 0.6) is 0 Å². The molecule has 0 saturated heterocycles. The Hall–Kier alpha value is -1.83. The van der Waals surface area contributed by atoms with Crippen LogP contribution in [-0.2, 0) is 11.3 Å². The number of alkyl carbamates (subject to hydrolysis) is 1. The molecule has 4 nitrogen and oxygen atoms in total. The Balaban J connectivity index is 1.38. The van der Waals surface area contributed by atoms with Crippen LogP contribution in [0.3, 0.4) is 0 Å². The second-order valence-corrected chi connectivity index (χ2v) is 7.00. The van der Waals surface area contributed by atoms with Crippen molar-refractivity contribution >= 4 is 34.4 Å². The van der Waals surface area contributed by atoms with Gasteiger partial charge in [0.25, 0.3) is 0 Å². The number of hydrogen-bond acceptors (Lipinski definition) is 3. The predicted octanol–water partition coefficient (Wildman–Crippen LogP) is 4.30. The molecule has 1 aliphatic rings. The molecule has 1 aliphatic carbocycles. The van der Waals surface area contributed by atoms with E-state index in [0.717, 1.165) is 27.7 Å². The van der Waals surface area contributed by atoms with Crippen molar-refractivity contribution in [1.29, 1.82) is 0 Å². The van der Waals surface area contributed by atoms with Gasteiger partial charge < -0.3 is 15.4 Å². The highest BCUT2D eigenvalue weighted by molar-refractivity contribution is 14.1. The number of nitrogens with one attached hydrogen (secondary N) is 2. The molecule has 1 saturated carbocycles. The van der Waals surface area contributed by atoms with E-state index < -0.39 is 6.09 Å². The average Bonchev–Trinajstić information content (AvgIpc) is 2.54. The highest BCUT2D eigenvalue weighted by atomic mass is 127. The molecule has 2 aromatic rings. The van der Waals surface area contributed by atoms with Crippen molar-refractivity contribution in [3.05, 3.63) is 63.5 Å². The lowest BCUT2D eigenvalue weighted by Crippen LogP contribution is -2.49. The smallest absolute Gasteiger partial charge is 0.407 e. The third-order valence-corrected chi connectivity index (χ3v) is 4.86. The van der Waals surface area contributed by atoms with Crippen LogP contribution in [0.2, 0.25) is 0 Å². The van der Waals surface area contributed by atoms with Crippen LogP contribution < -0.4 is 10.6 Å². The Kier molecular flexibility index (Phi) is 5.55. The molecule has 0 spiro atoms. The van der Waals surface area contributed by atoms with E-state index in [1.54, 1.807) is 6.07 Å². The highest BCUT2D eigenvalue weighted by Gasteiger charge is 2.30. The summed E-state index contributed by atoms with van der Waals surface area (Å²) in [6.07, 6.45) is 1.26. The molecule has 0 aliphatic heterocycles. The maximum absolute atomic E-state index is 13.1. The third kappa shape index (κ3) is 4.59. The van der Waals surface area contributed by atoms with Crippen LogP contribution in [0.25, 0.3) is 0 Å². The molecule has 0 atom stereocenters. The topological polar surface area (TPSA) is 50.4 Å². The molecule has 3 rings (SSSR count). The maximum Gasteiger partial charge on any atom is 0.407 e. The van der Waals surface area contributed by atoms with Gasteiger partial charge in [-0.25, -0.2) is 9.18 Å². The second-order valence-electron chi connectivity index (χ2n) is 5.84. The van der Waals surface area contributed by atoms with Gasteiger partial charge in [0.05, 0.1) is 0 Å². The van der Waals surface area contributed by atoms with Gasteiger partial charge in [0.1, 0.15) is 12.4 Å². The molecule has 0 radical (unpaired) electrons. The molecule has 0 aromatic heterocycles. The van der Waals surface area contributed by atoms with Crippen molar-refractivity contribution in [2.45, 2.75) is 31.5 Å². The Morgan fingerprint density at radius 1 is 1.17 bits per heavy atom. The van der Waals surface area contributed by atoms with Gasteiger partial charge >= 0.3 is 6.09 Å². The van der Waals surface area contributed by atoms with Gasteiger partial charge in [0.2, 0.25) is 0 Å². The van der Waals surface area contributed by atoms with Crippen LogP contribution in [-0.4, -0.2) is 18.2 Å². The molecule has 0 bridgehead atoms. The zero-order chi connectivity index (χ0) is 16.9.